The number of hydrogen-bond acceptors (Lipinski definition) is 3. The molecule has 3 nitrogen and oxygen atoms in total. The maximum Gasteiger partial charge on any atom is 0.483 e. The van der Waals surface area contributed by atoms with E-state index in [2.05, 4.69) is 13.8 Å². The van der Waals surface area contributed by atoms with E-state index >= 15 is 0 Å². The molecule has 0 bridgehead atoms. The average Bonchev–Trinajstić information content (AvgIpc) is 2.16. The predicted octanol–water partition coefficient (Wildman–Crippen LogP) is 2.09. The average molecular weight is 256 g/mol. The molecule has 0 spiro atoms. The molecule has 0 saturated carbocycles. The highest BCUT2D eigenvalue weighted by atomic mass is 28.4. The summed E-state index contributed by atoms with van der Waals surface area (Å²) < 4.78 is 0. The molecule has 0 aliphatic heterocycles. The Labute approximate surface area is 106 Å². The SMILES string of the molecule is CC(C)(CC1CC=C(B(O)O)CC1)[Si](C)(C)O. The molecular weight excluding hydrogens is 231 g/mol. The summed E-state index contributed by atoms with van der Waals surface area (Å²) in [5, 5.41) is 18.2. The summed E-state index contributed by atoms with van der Waals surface area (Å²) in [5.41, 5.74) is 0.750. The van der Waals surface area contributed by atoms with Crippen molar-refractivity contribution in [2.24, 2.45) is 5.92 Å². The van der Waals surface area contributed by atoms with Crippen LogP contribution in [0.3, 0.4) is 0 Å². The van der Waals surface area contributed by atoms with Crippen molar-refractivity contribution in [2.75, 3.05) is 0 Å². The van der Waals surface area contributed by atoms with E-state index in [9.17, 15) is 4.80 Å². The summed E-state index contributed by atoms with van der Waals surface area (Å²) in [6.07, 6.45) is 5.65. The van der Waals surface area contributed by atoms with Crippen LogP contribution in [0.4, 0.5) is 0 Å². The van der Waals surface area contributed by atoms with Gasteiger partial charge in [0.15, 0.2) is 8.32 Å². The second kappa shape index (κ2) is 5.26. The van der Waals surface area contributed by atoms with Crippen LogP contribution in [0.15, 0.2) is 11.5 Å². The van der Waals surface area contributed by atoms with E-state index in [0.29, 0.717) is 5.92 Å². The fraction of sp³-hybridized carbons (Fsp3) is 0.833. The Bertz CT molecular complexity index is 295. The van der Waals surface area contributed by atoms with Gasteiger partial charge >= 0.3 is 7.12 Å². The highest BCUT2D eigenvalue weighted by Crippen LogP contribution is 2.44. The molecule has 17 heavy (non-hydrogen) atoms. The minimum Gasteiger partial charge on any atom is -0.432 e. The summed E-state index contributed by atoms with van der Waals surface area (Å²) in [4.78, 5) is 10.3. The molecule has 98 valence electrons. The van der Waals surface area contributed by atoms with Gasteiger partial charge in [-0.25, -0.2) is 0 Å². The van der Waals surface area contributed by atoms with Crippen molar-refractivity contribution >= 4 is 15.4 Å². The lowest BCUT2D eigenvalue weighted by molar-refractivity contribution is 0.347. The third kappa shape index (κ3) is 3.95. The molecule has 1 rings (SSSR count). The Balaban J connectivity index is 2.57. The first kappa shape index (κ1) is 15.0. The van der Waals surface area contributed by atoms with E-state index < -0.39 is 15.4 Å². The fourth-order valence-electron chi connectivity index (χ4n) is 2.30. The Kier molecular flexibility index (Phi) is 4.63. The van der Waals surface area contributed by atoms with Gasteiger partial charge in [-0.3, -0.25) is 0 Å². The molecule has 1 atom stereocenters. The van der Waals surface area contributed by atoms with Crippen LogP contribution >= 0.6 is 0 Å². The molecule has 0 fully saturated rings. The summed E-state index contributed by atoms with van der Waals surface area (Å²) in [6.45, 7) is 8.29. The zero-order valence-electron chi connectivity index (χ0n) is 11.4. The van der Waals surface area contributed by atoms with Crippen LogP contribution in [0.25, 0.3) is 0 Å². The van der Waals surface area contributed by atoms with Gasteiger partial charge in [0, 0.05) is 0 Å². The molecule has 5 heteroatoms. The number of rotatable bonds is 4. The van der Waals surface area contributed by atoms with E-state index in [4.69, 9.17) is 10.0 Å². The van der Waals surface area contributed by atoms with E-state index in [-0.39, 0.29) is 5.04 Å². The Morgan fingerprint density at radius 3 is 2.35 bits per heavy atom. The van der Waals surface area contributed by atoms with Crippen molar-refractivity contribution in [1.29, 1.82) is 0 Å². The number of hydrogen-bond donors (Lipinski definition) is 3. The molecule has 3 N–H and O–H groups in total. The first-order valence-electron chi connectivity index (χ1n) is 6.41. The first-order valence-corrected chi connectivity index (χ1v) is 9.35. The molecule has 0 aromatic heterocycles. The van der Waals surface area contributed by atoms with Crippen molar-refractivity contribution in [3.05, 3.63) is 11.5 Å². The molecule has 0 aromatic rings. The van der Waals surface area contributed by atoms with Crippen molar-refractivity contribution in [1.82, 2.24) is 0 Å². The van der Waals surface area contributed by atoms with Gasteiger partial charge in [-0.2, -0.15) is 0 Å². The van der Waals surface area contributed by atoms with Crippen molar-refractivity contribution in [3.8, 4) is 0 Å². The molecule has 1 aliphatic carbocycles. The van der Waals surface area contributed by atoms with Crippen LogP contribution in [0.1, 0.15) is 39.5 Å². The topological polar surface area (TPSA) is 60.7 Å². The van der Waals surface area contributed by atoms with Crippen LogP contribution in [0, 0.1) is 5.92 Å². The largest absolute Gasteiger partial charge is 0.483 e. The van der Waals surface area contributed by atoms with E-state index in [1.807, 2.05) is 19.2 Å². The molecular formula is C12H25BO3Si. The van der Waals surface area contributed by atoms with Crippen LogP contribution in [0.5, 0.6) is 0 Å². The van der Waals surface area contributed by atoms with Crippen LogP contribution in [-0.2, 0) is 0 Å². The molecule has 0 heterocycles. The van der Waals surface area contributed by atoms with Crippen molar-refractivity contribution in [2.45, 2.75) is 57.7 Å². The Hall–Kier alpha value is -0.0982. The van der Waals surface area contributed by atoms with Gasteiger partial charge in [0.2, 0.25) is 0 Å². The maximum absolute atomic E-state index is 10.3. The first-order chi connectivity index (χ1) is 7.63. The zero-order valence-corrected chi connectivity index (χ0v) is 12.4. The zero-order chi connectivity index (χ0) is 13.3. The molecule has 0 saturated heterocycles. The summed E-state index contributed by atoms with van der Waals surface area (Å²) >= 11 is 0. The molecule has 0 aromatic carbocycles. The summed E-state index contributed by atoms with van der Waals surface area (Å²) in [7, 11) is -3.41. The minimum atomic E-state index is -2.13. The monoisotopic (exact) mass is 256 g/mol. The molecule has 1 aliphatic rings. The van der Waals surface area contributed by atoms with Crippen LogP contribution in [0.2, 0.25) is 18.1 Å². The second-order valence-electron chi connectivity index (χ2n) is 6.44. The van der Waals surface area contributed by atoms with Gasteiger partial charge in [-0.15, -0.1) is 0 Å². The summed E-state index contributed by atoms with van der Waals surface area (Å²) in [5.74, 6) is 0.562. The lowest BCUT2D eigenvalue weighted by Gasteiger charge is -2.38. The van der Waals surface area contributed by atoms with Crippen molar-refractivity contribution in [3.63, 3.8) is 0 Å². The van der Waals surface area contributed by atoms with Gasteiger partial charge in [-0.05, 0) is 55.2 Å². The Morgan fingerprint density at radius 2 is 2.00 bits per heavy atom. The van der Waals surface area contributed by atoms with E-state index in [0.717, 1.165) is 31.2 Å². The third-order valence-corrected chi connectivity index (χ3v) is 7.86. The molecule has 0 radical (unpaired) electrons. The standard InChI is InChI=1S/C12H25BO3Si/c1-12(2,17(3,4)16)9-10-5-7-11(8-6-10)13(14)15/h7,10,14-16H,5-6,8-9H2,1-4H3. The normalized spacial score (nSPS) is 22.3. The molecule has 1 unspecified atom stereocenters. The van der Waals surface area contributed by atoms with Gasteiger partial charge < -0.3 is 14.8 Å². The third-order valence-electron chi connectivity index (χ3n) is 4.34. The van der Waals surface area contributed by atoms with E-state index in [1.165, 1.54) is 0 Å². The highest BCUT2D eigenvalue weighted by molar-refractivity contribution is 6.72. The Morgan fingerprint density at radius 1 is 1.41 bits per heavy atom. The second-order valence-corrected chi connectivity index (χ2v) is 10.9. The van der Waals surface area contributed by atoms with Crippen LogP contribution < -0.4 is 0 Å². The lowest BCUT2D eigenvalue weighted by Crippen LogP contribution is -2.40. The summed E-state index contributed by atoms with van der Waals surface area (Å²) in [6, 6.07) is 0. The van der Waals surface area contributed by atoms with Gasteiger partial charge in [0.1, 0.15) is 0 Å². The highest BCUT2D eigenvalue weighted by Gasteiger charge is 2.39. The minimum absolute atomic E-state index is 0.0147. The quantitative estimate of drug-likeness (QED) is 0.675. The lowest BCUT2D eigenvalue weighted by atomic mass is 9.70. The van der Waals surface area contributed by atoms with Gasteiger partial charge in [-0.1, -0.05) is 19.9 Å². The van der Waals surface area contributed by atoms with Gasteiger partial charge in [0.25, 0.3) is 0 Å². The van der Waals surface area contributed by atoms with Crippen molar-refractivity contribution < 1.29 is 14.8 Å². The van der Waals surface area contributed by atoms with E-state index in [1.54, 1.807) is 0 Å². The predicted molar refractivity (Wildman–Crippen MR) is 74.0 cm³/mol. The van der Waals surface area contributed by atoms with Gasteiger partial charge in [0.05, 0.1) is 0 Å². The molecule has 0 amide bonds. The smallest absolute Gasteiger partial charge is 0.432 e. The number of allylic oxidation sites excluding steroid dienone is 2. The van der Waals surface area contributed by atoms with Crippen LogP contribution in [-0.4, -0.2) is 30.3 Å². The maximum atomic E-state index is 10.3. The fourth-order valence-corrected chi connectivity index (χ4v) is 3.09.